The topological polar surface area (TPSA) is 41.9 Å². The highest BCUT2D eigenvalue weighted by molar-refractivity contribution is 5.58. The third-order valence-electron chi connectivity index (χ3n) is 4.96. The number of benzene rings is 1. The van der Waals surface area contributed by atoms with Crippen LogP contribution in [0.15, 0.2) is 54.9 Å². The molecule has 0 bridgehead atoms. The van der Waals surface area contributed by atoms with Gasteiger partial charge in [-0.05, 0) is 43.0 Å². The second kappa shape index (κ2) is 6.63. The highest BCUT2D eigenvalue weighted by atomic mass is 15.2. The van der Waals surface area contributed by atoms with Gasteiger partial charge in [-0.3, -0.25) is 4.98 Å². The minimum absolute atomic E-state index is 0.315. The Morgan fingerprint density at radius 1 is 1.08 bits per heavy atom. The fourth-order valence-corrected chi connectivity index (χ4v) is 3.53. The minimum Gasteiger partial charge on any atom is -0.349 e. The maximum atomic E-state index is 4.89. The Morgan fingerprint density at radius 3 is 2.68 bits per heavy atom. The Bertz CT molecular complexity index is 876. The van der Waals surface area contributed by atoms with Gasteiger partial charge in [0.05, 0.1) is 6.04 Å². The number of aromatic nitrogens is 3. The summed E-state index contributed by atoms with van der Waals surface area (Å²) >= 11 is 0. The van der Waals surface area contributed by atoms with Crippen LogP contribution in [0.2, 0.25) is 0 Å². The maximum Gasteiger partial charge on any atom is 0.161 e. The summed E-state index contributed by atoms with van der Waals surface area (Å²) in [4.78, 5) is 16.1. The predicted octanol–water partition coefficient (Wildman–Crippen LogP) is 4.22. The van der Waals surface area contributed by atoms with E-state index in [-0.39, 0.29) is 0 Å². The Labute approximate surface area is 148 Å². The zero-order valence-corrected chi connectivity index (χ0v) is 14.7. The summed E-state index contributed by atoms with van der Waals surface area (Å²) in [7, 11) is 0. The lowest BCUT2D eigenvalue weighted by Crippen LogP contribution is -2.34. The zero-order chi connectivity index (χ0) is 17.2. The van der Waals surface area contributed by atoms with Crippen LogP contribution >= 0.6 is 0 Å². The van der Waals surface area contributed by atoms with Crippen molar-refractivity contribution in [3.05, 3.63) is 71.7 Å². The molecule has 3 aromatic rings. The average molecular weight is 330 g/mol. The van der Waals surface area contributed by atoms with Gasteiger partial charge in [0.15, 0.2) is 5.82 Å². The third-order valence-corrected chi connectivity index (χ3v) is 4.96. The van der Waals surface area contributed by atoms with Crippen LogP contribution in [0, 0.1) is 0 Å². The Hall–Kier alpha value is -2.75. The molecular weight excluding hydrogens is 308 g/mol. The van der Waals surface area contributed by atoms with E-state index in [1.54, 1.807) is 12.4 Å². The van der Waals surface area contributed by atoms with Crippen molar-refractivity contribution < 1.29 is 0 Å². The quantitative estimate of drug-likeness (QED) is 0.721. The van der Waals surface area contributed by atoms with Crippen molar-refractivity contribution in [3.63, 3.8) is 0 Å². The molecule has 4 nitrogen and oxygen atoms in total. The molecule has 0 N–H and O–H groups in total. The number of anilines is 1. The van der Waals surface area contributed by atoms with E-state index in [1.165, 1.54) is 11.1 Å². The molecule has 0 saturated carbocycles. The Balaban J connectivity index is 1.76. The fraction of sp³-hybridized carbons (Fsp3) is 0.286. The number of hydrogen-bond donors (Lipinski definition) is 0. The van der Waals surface area contributed by atoms with Gasteiger partial charge in [-0.25, -0.2) is 9.97 Å². The number of aryl methyl sites for hydroxylation is 1. The van der Waals surface area contributed by atoms with Gasteiger partial charge in [-0.2, -0.15) is 0 Å². The molecule has 1 unspecified atom stereocenters. The molecule has 3 heterocycles. The molecule has 1 aliphatic rings. The highest BCUT2D eigenvalue weighted by Crippen LogP contribution is 2.33. The van der Waals surface area contributed by atoms with Gasteiger partial charge in [0.1, 0.15) is 5.82 Å². The van der Waals surface area contributed by atoms with Crippen LogP contribution in [-0.4, -0.2) is 21.5 Å². The summed E-state index contributed by atoms with van der Waals surface area (Å²) in [5, 5.41) is 0. The molecule has 4 rings (SSSR count). The second-order valence-electron chi connectivity index (χ2n) is 6.45. The summed E-state index contributed by atoms with van der Waals surface area (Å²) < 4.78 is 0. The molecule has 1 aromatic carbocycles. The van der Waals surface area contributed by atoms with Crippen LogP contribution in [0.1, 0.15) is 36.7 Å². The Kier molecular flexibility index (Phi) is 4.18. The third kappa shape index (κ3) is 3.00. The van der Waals surface area contributed by atoms with E-state index in [9.17, 15) is 0 Å². The zero-order valence-electron chi connectivity index (χ0n) is 14.7. The van der Waals surface area contributed by atoms with Crippen molar-refractivity contribution in [3.8, 4) is 11.4 Å². The van der Waals surface area contributed by atoms with Crippen LogP contribution in [0.5, 0.6) is 0 Å². The van der Waals surface area contributed by atoms with Crippen LogP contribution in [0.4, 0.5) is 5.82 Å². The highest BCUT2D eigenvalue weighted by Gasteiger charge is 2.25. The standard InChI is InChI=1S/C21H22N4/c1-3-18-14-20(24-21(23-18)17-8-11-22-12-9-17)25-13-10-16-6-4-5-7-19(16)15(25)2/h4-9,11-12,14-15H,3,10,13H2,1-2H3. The van der Waals surface area contributed by atoms with Crippen molar-refractivity contribution in [2.75, 3.05) is 11.4 Å². The molecule has 0 saturated heterocycles. The number of nitrogens with zero attached hydrogens (tertiary/aromatic N) is 4. The van der Waals surface area contributed by atoms with E-state index in [0.29, 0.717) is 6.04 Å². The smallest absolute Gasteiger partial charge is 0.161 e. The van der Waals surface area contributed by atoms with E-state index in [1.807, 2.05) is 12.1 Å². The summed E-state index contributed by atoms with van der Waals surface area (Å²) in [6.07, 6.45) is 5.52. The van der Waals surface area contributed by atoms with Crippen molar-refractivity contribution in [1.82, 2.24) is 15.0 Å². The first-order valence-electron chi connectivity index (χ1n) is 8.89. The van der Waals surface area contributed by atoms with E-state index in [0.717, 1.165) is 42.3 Å². The summed E-state index contributed by atoms with van der Waals surface area (Å²) in [5.74, 6) is 1.79. The SMILES string of the molecule is CCc1cc(N2CCc3ccccc3C2C)nc(-c2ccncc2)n1. The lowest BCUT2D eigenvalue weighted by molar-refractivity contribution is 0.616. The molecule has 1 atom stereocenters. The van der Waals surface area contributed by atoms with Gasteiger partial charge in [0.25, 0.3) is 0 Å². The van der Waals surface area contributed by atoms with Gasteiger partial charge in [0.2, 0.25) is 0 Å². The number of pyridine rings is 1. The van der Waals surface area contributed by atoms with E-state index >= 15 is 0 Å². The number of rotatable bonds is 3. The molecule has 25 heavy (non-hydrogen) atoms. The van der Waals surface area contributed by atoms with Crippen molar-refractivity contribution in [1.29, 1.82) is 0 Å². The average Bonchev–Trinajstić information content (AvgIpc) is 2.69. The Morgan fingerprint density at radius 2 is 1.88 bits per heavy atom. The molecule has 4 heteroatoms. The van der Waals surface area contributed by atoms with Crippen LogP contribution < -0.4 is 4.90 Å². The first-order valence-corrected chi connectivity index (χ1v) is 8.89. The van der Waals surface area contributed by atoms with Gasteiger partial charge >= 0.3 is 0 Å². The molecule has 126 valence electrons. The molecule has 0 aliphatic carbocycles. The summed E-state index contributed by atoms with van der Waals surface area (Å²) in [6.45, 7) is 5.38. The normalized spacial score (nSPS) is 16.6. The predicted molar refractivity (Wildman–Crippen MR) is 101 cm³/mol. The van der Waals surface area contributed by atoms with Gasteiger partial charge in [-0.1, -0.05) is 31.2 Å². The van der Waals surface area contributed by atoms with E-state index in [2.05, 4.69) is 54.1 Å². The minimum atomic E-state index is 0.315. The van der Waals surface area contributed by atoms with Crippen LogP contribution in [-0.2, 0) is 12.8 Å². The van der Waals surface area contributed by atoms with Gasteiger partial charge in [0, 0.05) is 36.3 Å². The van der Waals surface area contributed by atoms with Crippen molar-refractivity contribution in [2.45, 2.75) is 32.7 Å². The summed E-state index contributed by atoms with van der Waals surface area (Å²) in [6, 6.07) is 15.1. The van der Waals surface area contributed by atoms with Crippen molar-refractivity contribution in [2.24, 2.45) is 0 Å². The van der Waals surface area contributed by atoms with Gasteiger partial charge < -0.3 is 4.90 Å². The lowest BCUT2D eigenvalue weighted by Gasteiger charge is -2.36. The largest absolute Gasteiger partial charge is 0.349 e. The lowest BCUT2D eigenvalue weighted by atomic mass is 9.93. The molecule has 1 aliphatic heterocycles. The first kappa shape index (κ1) is 15.8. The molecule has 0 amide bonds. The second-order valence-corrected chi connectivity index (χ2v) is 6.45. The van der Waals surface area contributed by atoms with E-state index in [4.69, 9.17) is 9.97 Å². The molecule has 0 spiro atoms. The monoisotopic (exact) mass is 330 g/mol. The molecule has 2 aromatic heterocycles. The summed E-state index contributed by atoms with van der Waals surface area (Å²) in [5.41, 5.74) is 4.93. The maximum absolute atomic E-state index is 4.89. The van der Waals surface area contributed by atoms with Crippen LogP contribution in [0.3, 0.4) is 0 Å². The molecular formula is C21H22N4. The fourth-order valence-electron chi connectivity index (χ4n) is 3.53. The van der Waals surface area contributed by atoms with Gasteiger partial charge in [-0.15, -0.1) is 0 Å². The van der Waals surface area contributed by atoms with Crippen molar-refractivity contribution >= 4 is 5.82 Å². The first-order chi connectivity index (χ1) is 12.3. The number of fused-ring (bicyclic) bond motifs is 1. The molecule has 0 radical (unpaired) electrons. The molecule has 0 fully saturated rings. The van der Waals surface area contributed by atoms with Crippen LogP contribution in [0.25, 0.3) is 11.4 Å². The van der Waals surface area contributed by atoms with E-state index < -0.39 is 0 Å². The number of hydrogen-bond acceptors (Lipinski definition) is 4.